The van der Waals surface area contributed by atoms with E-state index in [2.05, 4.69) is 0 Å². The third-order valence-electron chi connectivity index (χ3n) is 3.76. The van der Waals surface area contributed by atoms with Gasteiger partial charge in [0.25, 0.3) is 0 Å². The lowest BCUT2D eigenvalue weighted by Crippen LogP contribution is -2.35. The lowest BCUT2D eigenvalue weighted by Gasteiger charge is -2.29. The zero-order chi connectivity index (χ0) is 16.3. The molecule has 0 unspecified atom stereocenters. The number of aromatic hydroxyl groups is 2. The topological polar surface area (TPSA) is 94.8 Å². The van der Waals surface area contributed by atoms with Crippen LogP contribution in [0.3, 0.4) is 0 Å². The van der Waals surface area contributed by atoms with E-state index in [1.807, 2.05) is 0 Å². The van der Waals surface area contributed by atoms with Crippen LogP contribution in [0.1, 0.15) is 24.5 Å². The summed E-state index contributed by atoms with van der Waals surface area (Å²) in [5, 5.41) is 27.7. The number of phenolic OH excluding ortho intramolecular Hbond substituents is 2. The summed E-state index contributed by atoms with van der Waals surface area (Å²) >= 11 is 0. The zero-order valence-corrected chi connectivity index (χ0v) is 12.0. The van der Waals surface area contributed by atoms with Crippen molar-refractivity contribution in [2.45, 2.75) is 18.8 Å². The maximum absolute atomic E-state index is 12.5. The third-order valence-corrected chi connectivity index (χ3v) is 3.76. The van der Waals surface area contributed by atoms with Gasteiger partial charge >= 0.3 is 5.97 Å². The molecule has 5 heteroatoms. The number of ketones is 1. The minimum atomic E-state index is -1.20. The first-order valence-corrected chi connectivity index (χ1v) is 6.68. The number of rotatable bonds is 5. The van der Waals surface area contributed by atoms with E-state index in [9.17, 15) is 19.8 Å². The first kappa shape index (κ1) is 15.6. The van der Waals surface area contributed by atoms with Gasteiger partial charge in [-0.1, -0.05) is 24.3 Å². The van der Waals surface area contributed by atoms with Gasteiger partial charge in [0.2, 0.25) is 0 Å². The van der Waals surface area contributed by atoms with Crippen LogP contribution in [0.4, 0.5) is 0 Å². The Labute approximate surface area is 127 Å². The Morgan fingerprint density at radius 1 is 0.864 bits per heavy atom. The monoisotopic (exact) mass is 300 g/mol. The van der Waals surface area contributed by atoms with Crippen molar-refractivity contribution in [1.29, 1.82) is 0 Å². The maximum atomic E-state index is 12.5. The minimum absolute atomic E-state index is 0.0579. The molecule has 0 saturated carbocycles. The Hall–Kier alpha value is -2.82. The van der Waals surface area contributed by atoms with Crippen LogP contribution >= 0.6 is 0 Å². The molecular weight excluding hydrogens is 284 g/mol. The number of carboxylic acid groups (broad SMARTS) is 1. The number of hydrogen-bond donors (Lipinski definition) is 3. The predicted molar refractivity (Wildman–Crippen MR) is 79.9 cm³/mol. The molecule has 2 aromatic carbocycles. The standard InChI is InChI=1S/C17H16O5/c1-17(15(20)10-16(21)22,11-2-6-13(18)7-3-11)12-4-8-14(19)9-5-12/h2-9,18-19H,10H2,1H3,(H,21,22). The van der Waals surface area contributed by atoms with Crippen molar-refractivity contribution in [3.8, 4) is 11.5 Å². The van der Waals surface area contributed by atoms with E-state index in [1.165, 1.54) is 24.3 Å². The molecule has 3 N–H and O–H groups in total. The molecule has 2 aromatic rings. The molecule has 0 heterocycles. The highest BCUT2D eigenvalue weighted by Crippen LogP contribution is 2.35. The molecule has 0 spiro atoms. The van der Waals surface area contributed by atoms with Crippen molar-refractivity contribution in [3.05, 3.63) is 59.7 Å². The second-order valence-corrected chi connectivity index (χ2v) is 5.21. The largest absolute Gasteiger partial charge is 0.508 e. The zero-order valence-electron chi connectivity index (χ0n) is 12.0. The fourth-order valence-electron chi connectivity index (χ4n) is 2.39. The second-order valence-electron chi connectivity index (χ2n) is 5.21. The van der Waals surface area contributed by atoms with Crippen LogP contribution in [0.25, 0.3) is 0 Å². The molecule has 0 fully saturated rings. The number of phenols is 2. The molecule has 22 heavy (non-hydrogen) atoms. The Morgan fingerprint density at radius 3 is 1.55 bits per heavy atom. The molecule has 2 rings (SSSR count). The summed E-state index contributed by atoms with van der Waals surface area (Å²) in [7, 11) is 0. The molecule has 0 amide bonds. The summed E-state index contributed by atoms with van der Waals surface area (Å²) in [6.45, 7) is 1.64. The Kier molecular flexibility index (Phi) is 4.17. The van der Waals surface area contributed by atoms with Gasteiger partial charge in [-0.2, -0.15) is 0 Å². The van der Waals surface area contributed by atoms with Gasteiger partial charge in [-0.25, -0.2) is 0 Å². The fraction of sp³-hybridized carbons (Fsp3) is 0.176. The summed E-state index contributed by atoms with van der Waals surface area (Å²) < 4.78 is 0. The summed E-state index contributed by atoms with van der Waals surface area (Å²) in [6, 6.07) is 12.1. The molecule has 0 aromatic heterocycles. The van der Waals surface area contributed by atoms with Crippen LogP contribution in [0.5, 0.6) is 11.5 Å². The summed E-state index contributed by atoms with van der Waals surface area (Å²) in [5.41, 5.74) is -0.0377. The van der Waals surface area contributed by atoms with Crippen molar-refractivity contribution in [3.63, 3.8) is 0 Å². The van der Waals surface area contributed by atoms with Crippen LogP contribution < -0.4 is 0 Å². The van der Waals surface area contributed by atoms with E-state index in [0.29, 0.717) is 11.1 Å². The van der Waals surface area contributed by atoms with Crippen LogP contribution in [-0.2, 0) is 15.0 Å². The van der Waals surface area contributed by atoms with Crippen molar-refractivity contribution in [2.75, 3.05) is 0 Å². The number of hydrogen-bond acceptors (Lipinski definition) is 4. The van der Waals surface area contributed by atoms with E-state index in [4.69, 9.17) is 5.11 Å². The van der Waals surface area contributed by atoms with Crippen molar-refractivity contribution >= 4 is 11.8 Å². The Balaban J connectivity index is 2.57. The van der Waals surface area contributed by atoms with Crippen LogP contribution in [0.15, 0.2) is 48.5 Å². The summed E-state index contributed by atoms with van der Waals surface area (Å²) in [4.78, 5) is 23.5. The van der Waals surface area contributed by atoms with Gasteiger partial charge in [-0.05, 0) is 42.3 Å². The fourth-order valence-corrected chi connectivity index (χ4v) is 2.39. The van der Waals surface area contributed by atoms with Crippen molar-refractivity contribution < 1.29 is 24.9 Å². The molecule has 0 bridgehead atoms. The summed E-state index contributed by atoms with van der Waals surface area (Å²) in [5.74, 6) is -1.56. The number of benzene rings is 2. The number of Topliss-reactive ketones (excluding diaryl/α,β-unsaturated/α-hetero) is 1. The lowest BCUT2D eigenvalue weighted by molar-refractivity contribution is -0.141. The van der Waals surface area contributed by atoms with Gasteiger partial charge in [-0.3, -0.25) is 9.59 Å². The van der Waals surface area contributed by atoms with E-state index in [-0.39, 0.29) is 11.5 Å². The quantitative estimate of drug-likeness (QED) is 0.737. The molecule has 0 atom stereocenters. The smallest absolute Gasteiger partial charge is 0.310 e. The molecule has 0 aliphatic carbocycles. The Bertz CT molecular complexity index is 640. The number of carbonyl (C=O) groups is 2. The highest BCUT2D eigenvalue weighted by molar-refractivity contribution is 6.03. The molecule has 0 saturated heterocycles. The van der Waals surface area contributed by atoms with E-state index < -0.39 is 23.6 Å². The van der Waals surface area contributed by atoms with Crippen LogP contribution in [0.2, 0.25) is 0 Å². The molecule has 0 aliphatic heterocycles. The number of aliphatic carboxylic acids is 1. The average molecular weight is 300 g/mol. The maximum Gasteiger partial charge on any atom is 0.310 e. The van der Waals surface area contributed by atoms with E-state index in [0.717, 1.165) is 0 Å². The van der Waals surface area contributed by atoms with Gasteiger partial charge in [0.05, 0.1) is 5.41 Å². The molecule has 0 radical (unpaired) electrons. The van der Waals surface area contributed by atoms with Gasteiger partial charge in [0.15, 0.2) is 5.78 Å². The van der Waals surface area contributed by atoms with E-state index >= 15 is 0 Å². The minimum Gasteiger partial charge on any atom is -0.508 e. The first-order chi connectivity index (χ1) is 10.3. The highest BCUT2D eigenvalue weighted by Gasteiger charge is 2.37. The van der Waals surface area contributed by atoms with E-state index in [1.54, 1.807) is 31.2 Å². The van der Waals surface area contributed by atoms with Gasteiger partial charge < -0.3 is 15.3 Å². The third kappa shape index (κ3) is 2.93. The van der Waals surface area contributed by atoms with Gasteiger partial charge in [0.1, 0.15) is 17.9 Å². The molecule has 114 valence electrons. The Morgan fingerprint density at radius 2 is 1.23 bits per heavy atom. The van der Waals surface area contributed by atoms with Crippen molar-refractivity contribution in [1.82, 2.24) is 0 Å². The van der Waals surface area contributed by atoms with Crippen molar-refractivity contribution in [2.24, 2.45) is 0 Å². The molecule has 0 aliphatic rings. The number of carbonyl (C=O) groups excluding carboxylic acids is 1. The van der Waals surface area contributed by atoms with Crippen LogP contribution in [-0.4, -0.2) is 27.1 Å². The average Bonchev–Trinajstić information content (AvgIpc) is 2.47. The predicted octanol–water partition coefficient (Wildman–Crippen LogP) is 2.45. The van der Waals surface area contributed by atoms with Gasteiger partial charge in [-0.15, -0.1) is 0 Å². The second kappa shape index (κ2) is 5.89. The normalized spacial score (nSPS) is 11.1. The molecular formula is C17H16O5. The number of carboxylic acids is 1. The first-order valence-electron chi connectivity index (χ1n) is 6.68. The highest BCUT2D eigenvalue weighted by atomic mass is 16.4. The SMILES string of the molecule is CC(C(=O)CC(=O)O)(c1ccc(O)cc1)c1ccc(O)cc1. The molecule has 5 nitrogen and oxygen atoms in total. The van der Waals surface area contributed by atoms with Crippen LogP contribution in [0, 0.1) is 0 Å². The van der Waals surface area contributed by atoms with Gasteiger partial charge in [0, 0.05) is 0 Å². The summed E-state index contributed by atoms with van der Waals surface area (Å²) in [6.07, 6.45) is -0.613. The lowest BCUT2D eigenvalue weighted by atomic mass is 9.72.